The number of aryl methyl sites for hydroxylation is 1. The molecule has 4 rings (SSSR count). The number of hydrogen-bond donors (Lipinski definition) is 0. The Morgan fingerprint density at radius 2 is 1.82 bits per heavy atom. The Hall–Kier alpha value is -2.94. The average molecular weight is 391 g/mol. The van der Waals surface area contributed by atoms with E-state index in [0.29, 0.717) is 22.7 Å². The quantitative estimate of drug-likeness (QED) is 0.614. The molecule has 1 saturated heterocycles. The number of carbonyl (C=O) groups excluding carboxylic acids is 1. The van der Waals surface area contributed by atoms with Gasteiger partial charge in [-0.05, 0) is 50.7 Å². The Morgan fingerprint density at radius 3 is 2.39 bits per heavy atom. The lowest BCUT2D eigenvalue weighted by Crippen LogP contribution is -2.37. The van der Waals surface area contributed by atoms with Crippen molar-refractivity contribution in [2.24, 2.45) is 0 Å². The van der Waals surface area contributed by atoms with E-state index in [1.807, 2.05) is 31.2 Å². The molecule has 0 spiro atoms. The molecule has 3 aromatic rings. The molecule has 0 bridgehead atoms. The van der Waals surface area contributed by atoms with Gasteiger partial charge in [0.15, 0.2) is 5.69 Å². The summed E-state index contributed by atoms with van der Waals surface area (Å²) in [6.45, 7) is 4.52. The van der Waals surface area contributed by atoms with Crippen LogP contribution in [0.4, 0.5) is 0 Å². The second-order valence-corrected chi connectivity index (χ2v) is 7.43. The van der Waals surface area contributed by atoms with Gasteiger partial charge in [-0.1, -0.05) is 41.4 Å². The molecular weight excluding hydrogens is 372 g/mol. The average Bonchev–Trinajstić information content (AvgIpc) is 3.03. The van der Waals surface area contributed by atoms with E-state index in [0.717, 1.165) is 36.5 Å². The lowest BCUT2D eigenvalue weighted by Gasteiger charge is -2.30. The summed E-state index contributed by atoms with van der Waals surface area (Å²) in [4.78, 5) is 15.3. The van der Waals surface area contributed by atoms with Crippen LogP contribution >= 0.6 is 11.6 Å². The minimum Gasteiger partial charge on any atom is -0.297 e. The van der Waals surface area contributed by atoms with Gasteiger partial charge in [0.25, 0.3) is 0 Å². The summed E-state index contributed by atoms with van der Waals surface area (Å²) in [5.41, 5.74) is 3.64. The molecular formula is C22H19ClN4O. The van der Waals surface area contributed by atoms with Crippen LogP contribution in [-0.4, -0.2) is 33.6 Å². The zero-order chi connectivity index (χ0) is 19.7. The zero-order valence-electron chi connectivity index (χ0n) is 15.5. The summed E-state index contributed by atoms with van der Waals surface area (Å²) in [5.74, 6) is -0.242. The number of carbonyl (C=O) groups is 1. The van der Waals surface area contributed by atoms with Crippen LogP contribution in [0.1, 0.15) is 39.3 Å². The van der Waals surface area contributed by atoms with E-state index in [9.17, 15) is 10.1 Å². The first-order chi connectivity index (χ1) is 13.6. The molecule has 1 aliphatic rings. The maximum atomic E-state index is 13.1. The van der Waals surface area contributed by atoms with Gasteiger partial charge >= 0.3 is 0 Å². The highest BCUT2D eigenvalue weighted by Gasteiger charge is 2.27. The molecule has 2 heterocycles. The molecule has 0 saturated carbocycles. The summed E-state index contributed by atoms with van der Waals surface area (Å²) < 4.78 is 1.70. The number of likely N-dealkylation sites (tertiary alicyclic amines) is 1. The predicted octanol–water partition coefficient (Wildman–Crippen LogP) is 4.14. The van der Waals surface area contributed by atoms with E-state index in [1.165, 1.54) is 0 Å². The number of nitrogens with zero attached hydrogens (tertiary/aromatic N) is 4. The van der Waals surface area contributed by atoms with Crippen molar-refractivity contribution >= 4 is 17.4 Å². The highest BCUT2D eigenvalue weighted by molar-refractivity contribution is 6.30. The number of benzene rings is 2. The van der Waals surface area contributed by atoms with Gasteiger partial charge in [0.1, 0.15) is 11.6 Å². The Kier molecular flexibility index (Phi) is 4.99. The molecule has 1 aliphatic heterocycles. The topological polar surface area (TPSA) is 61.9 Å². The van der Waals surface area contributed by atoms with Gasteiger partial charge < -0.3 is 0 Å². The van der Waals surface area contributed by atoms with Gasteiger partial charge in [-0.2, -0.15) is 10.4 Å². The molecule has 0 amide bonds. The van der Waals surface area contributed by atoms with Crippen LogP contribution in [-0.2, 0) is 6.54 Å². The van der Waals surface area contributed by atoms with Crippen molar-refractivity contribution in [3.8, 4) is 11.8 Å². The highest BCUT2D eigenvalue weighted by Crippen LogP contribution is 2.25. The highest BCUT2D eigenvalue weighted by atomic mass is 35.5. The number of hydrogen-bond acceptors (Lipinski definition) is 4. The van der Waals surface area contributed by atoms with Gasteiger partial charge in [0, 0.05) is 17.1 Å². The van der Waals surface area contributed by atoms with Crippen LogP contribution in [0.2, 0.25) is 5.02 Å². The largest absolute Gasteiger partial charge is 0.297 e. The molecule has 0 aliphatic carbocycles. The number of nitriles is 1. The van der Waals surface area contributed by atoms with Crippen molar-refractivity contribution in [1.82, 2.24) is 14.7 Å². The number of halogens is 1. The standard InChI is InChI=1S/C22H19ClN4O/c1-15-3-5-16(6-4-15)22(28)21-19(13-24)20(14-26-11-2-12-26)27(25-21)18-9-7-17(23)8-10-18/h3-10H,2,11-12,14H2,1H3. The smallest absolute Gasteiger partial charge is 0.214 e. The van der Waals surface area contributed by atoms with Crippen molar-refractivity contribution in [2.45, 2.75) is 19.9 Å². The molecule has 1 fully saturated rings. The maximum absolute atomic E-state index is 13.1. The second kappa shape index (κ2) is 7.59. The van der Waals surface area contributed by atoms with Crippen LogP contribution in [0.3, 0.4) is 0 Å². The Labute approximate surface area is 168 Å². The molecule has 6 heteroatoms. The summed E-state index contributed by atoms with van der Waals surface area (Å²) in [6, 6.07) is 16.8. The van der Waals surface area contributed by atoms with Gasteiger partial charge in [-0.25, -0.2) is 4.68 Å². The van der Waals surface area contributed by atoms with E-state index < -0.39 is 0 Å². The fourth-order valence-corrected chi connectivity index (χ4v) is 3.39. The molecule has 0 radical (unpaired) electrons. The first kappa shape index (κ1) is 18.4. The van der Waals surface area contributed by atoms with Crippen molar-refractivity contribution in [3.05, 3.63) is 81.6 Å². The Morgan fingerprint density at radius 1 is 1.14 bits per heavy atom. The minimum absolute atomic E-state index is 0.192. The molecule has 140 valence electrons. The molecule has 5 nitrogen and oxygen atoms in total. The Balaban J connectivity index is 1.83. The van der Waals surface area contributed by atoms with Crippen LogP contribution in [0.25, 0.3) is 5.69 Å². The second-order valence-electron chi connectivity index (χ2n) is 7.00. The minimum atomic E-state index is -0.242. The predicted molar refractivity (Wildman–Crippen MR) is 108 cm³/mol. The summed E-state index contributed by atoms with van der Waals surface area (Å²) in [6.07, 6.45) is 1.14. The third-order valence-electron chi connectivity index (χ3n) is 5.01. The molecule has 0 N–H and O–H groups in total. The molecule has 0 unspecified atom stereocenters. The Bertz CT molecular complexity index is 1060. The maximum Gasteiger partial charge on any atom is 0.214 e. The lowest BCUT2D eigenvalue weighted by molar-refractivity contribution is 0.103. The number of aromatic nitrogens is 2. The van der Waals surface area contributed by atoms with Crippen LogP contribution < -0.4 is 0 Å². The van der Waals surface area contributed by atoms with E-state index >= 15 is 0 Å². The summed E-state index contributed by atoms with van der Waals surface area (Å²) in [5, 5.41) is 15.0. The summed E-state index contributed by atoms with van der Waals surface area (Å²) >= 11 is 6.02. The fraction of sp³-hybridized carbons (Fsp3) is 0.227. The van der Waals surface area contributed by atoms with Crippen LogP contribution in [0.5, 0.6) is 0 Å². The van der Waals surface area contributed by atoms with Gasteiger partial charge in [0.05, 0.1) is 11.4 Å². The van der Waals surface area contributed by atoms with Crippen molar-refractivity contribution < 1.29 is 4.79 Å². The third kappa shape index (κ3) is 3.45. The third-order valence-corrected chi connectivity index (χ3v) is 5.27. The van der Waals surface area contributed by atoms with Crippen molar-refractivity contribution in [3.63, 3.8) is 0 Å². The monoisotopic (exact) mass is 390 g/mol. The summed E-state index contributed by atoms with van der Waals surface area (Å²) in [7, 11) is 0. The normalized spacial score (nSPS) is 13.8. The zero-order valence-corrected chi connectivity index (χ0v) is 16.3. The van der Waals surface area contributed by atoms with Crippen molar-refractivity contribution in [1.29, 1.82) is 5.26 Å². The van der Waals surface area contributed by atoms with E-state index in [2.05, 4.69) is 16.1 Å². The fourth-order valence-electron chi connectivity index (χ4n) is 3.26. The van der Waals surface area contributed by atoms with Crippen LogP contribution in [0.15, 0.2) is 48.5 Å². The first-order valence-corrected chi connectivity index (χ1v) is 9.56. The molecule has 28 heavy (non-hydrogen) atoms. The molecule has 2 aromatic carbocycles. The van der Waals surface area contributed by atoms with Crippen LogP contribution in [0, 0.1) is 18.3 Å². The number of rotatable bonds is 5. The van der Waals surface area contributed by atoms with E-state index in [1.54, 1.807) is 28.9 Å². The first-order valence-electron chi connectivity index (χ1n) is 9.18. The van der Waals surface area contributed by atoms with Gasteiger partial charge in [-0.3, -0.25) is 9.69 Å². The molecule has 0 atom stereocenters. The molecule has 1 aromatic heterocycles. The van der Waals surface area contributed by atoms with Gasteiger partial charge in [0.2, 0.25) is 5.78 Å². The van der Waals surface area contributed by atoms with Gasteiger partial charge in [-0.15, -0.1) is 0 Å². The lowest BCUT2D eigenvalue weighted by atomic mass is 10.0. The number of ketones is 1. The SMILES string of the molecule is Cc1ccc(C(=O)c2nn(-c3ccc(Cl)cc3)c(CN3CCC3)c2C#N)cc1. The van der Waals surface area contributed by atoms with E-state index in [4.69, 9.17) is 11.6 Å². The van der Waals surface area contributed by atoms with Crippen molar-refractivity contribution in [2.75, 3.05) is 13.1 Å². The van der Waals surface area contributed by atoms with E-state index in [-0.39, 0.29) is 11.5 Å².